The summed E-state index contributed by atoms with van der Waals surface area (Å²) in [4.78, 5) is 32.7. The van der Waals surface area contributed by atoms with Gasteiger partial charge in [-0.1, -0.05) is 0 Å². The van der Waals surface area contributed by atoms with E-state index < -0.39 is 23.4 Å². The number of aliphatic carboxylic acids is 1. The summed E-state index contributed by atoms with van der Waals surface area (Å²) in [5.74, 6) is -2.58. The Labute approximate surface area is 173 Å². The Kier molecular flexibility index (Phi) is 4.80. The maximum Gasteiger partial charge on any atom is 0.320 e. The second-order valence-electron chi connectivity index (χ2n) is 8.14. The van der Waals surface area contributed by atoms with Gasteiger partial charge >= 0.3 is 5.97 Å². The van der Waals surface area contributed by atoms with Crippen molar-refractivity contribution < 1.29 is 24.2 Å². The van der Waals surface area contributed by atoms with E-state index in [1.807, 2.05) is 17.1 Å². The zero-order valence-electron chi connectivity index (χ0n) is 16.5. The first-order valence-corrected chi connectivity index (χ1v) is 10.3. The average molecular weight is 412 g/mol. The summed E-state index contributed by atoms with van der Waals surface area (Å²) in [5.41, 5.74) is 3.42. The normalized spacial score (nSPS) is 28.9. The molecule has 4 heterocycles. The van der Waals surface area contributed by atoms with Gasteiger partial charge in [-0.3, -0.25) is 9.59 Å². The molecule has 9 heteroatoms. The summed E-state index contributed by atoms with van der Waals surface area (Å²) in [6.07, 6.45) is 7.55. The van der Waals surface area contributed by atoms with Crippen LogP contribution in [0.3, 0.4) is 0 Å². The van der Waals surface area contributed by atoms with E-state index in [1.54, 1.807) is 18.5 Å². The fourth-order valence-electron chi connectivity index (χ4n) is 4.30. The molecule has 30 heavy (non-hydrogen) atoms. The molecule has 0 bridgehead atoms. The fraction of sp³-hybridized carbons (Fsp3) is 0.476. The van der Waals surface area contributed by atoms with Crippen LogP contribution in [0.4, 0.5) is 0 Å². The molecule has 1 saturated carbocycles. The second-order valence-corrected chi connectivity index (χ2v) is 8.14. The van der Waals surface area contributed by atoms with Gasteiger partial charge in [-0.15, -0.1) is 0 Å². The number of hydrogen-bond acceptors (Lipinski definition) is 7. The minimum atomic E-state index is -1.31. The molecule has 2 aliphatic heterocycles. The number of carbonyl (C=O) groups excluding carboxylic acids is 1. The number of aromatic nitrogens is 2. The summed E-state index contributed by atoms with van der Waals surface area (Å²) in [5, 5.41) is 12.7. The van der Waals surface area contributed by atoms with Crippen LogP contribution in [0.1, 0.15) is 24.8 Å². The van der Waals surface area contributed by atoms with E-state index in [0.717, 1.165) is 23.8 Å². The standard InChI is InChI=1S/C21H24N4O5/c26-18-16(10-14-12-23-19-15(14)2-1-5-22-19)30-21(11-13-3-4-13,17(18)20(27)28)24-25-6-8-29-9-7-25/h1-2,5,10,12-13,17,24H,3-4,6-9,11H2,(H,22,23)(H,27,28). The summed E-state index contributed by atoms with van der Waals surface area (Å²) in [7, 11) is 0. The third kappa shape index (κ3) is 3.49. The largest absolute Gasteiger partial charge is 0.481 e. The van der Waals surface area contributed by atoms with E-state index in [2.05, 4.69) is 15.4 Å². The highest BCUT2D eigenvalue weighted by molar-refractivity contribution is 6.12. The summed E-state index contributed by atoms with van der Waals surface area (Å²) < 4.78 is 11.6. The molecule has 3 fully saturated rings. The maximum atomic E-state index is 13.2. The Morgan fingerprint density at radius 3 is 2.93 bits per heavy atom. The number of aromatic amines is 1. The van der Waals surface area contributed by atoms with E-state index >= 15 is 0 Å². The van der Waals surface area contributed by atoms with Crippen molar-refractivity contribution >= 4 is 28.9 Å². The molecule has 2 aromatic rings. The molecule has 1 aliphatic carbocycles. The Bertz CT molecular complexity index is 1010. The van der Waals surface area contributed by atoms with Crippen molar-refractivity contribution in [3.05, 3.63) is 35.8 Å². The van der Waals surface area contributed by atoms with Crippen LogP contribution in [-0.4, -0.2) is 63.9 Å². The van der Waals surface area contributed by atoms with Gasteiger partial charge in [-0.25, -0.2) is 15.4 Å². The molecule has 0 spiro atoms. The molecule has 9 nitrogen and oxygen atoms in total. The molecule has 3 N–H and O–H groups in total. The van der Waals surface area contributed by atoms with Crippen molar-refractivity contribution in [2.45, 2.75) is 25.0 Å². The van der Waals surface area contributed by atoms with E-state index in [-0.39, 0.29) is 5.76 Å². The molecule has 2 unspecified atom stereocenters. The monoisotopic (exact) mass is 412 g/mol. The van der Waals surface area contributed by atoms with Gasteiger partial charge in [0.2, 0.25) is 5.78 Å². The molecular formula is C21H24N4O5. The van der Waals surface area contributed by atoms with Crippen LogP contribution in [0.5, 0.6) is 0 Å². The molecule has 0 aromatic carbocycles. The predicted molar refractivity (Wildman–Crippen MR) is 107 cm³/mol. The summed E-state index contributed by atoms with van der Waals surface area (Å²) >= 11 is 0. The molecule has 0 amide bonds. The van der Waals surface area contributed by atoms with Crippen molar-refractivity contribution in [2.24, 2.45) is 11.8 Å². The molecule has 2 atom stereocenters. The smallest absolute Gasteiger partial charge is 0.320 e. The van der Waals surface area contributed by atoms with Crippen LogP contribution in [-0.2, 0) is 19.1 Å². The Morgan fingerprint density at radius 1 is 1.40 bits per heavy atom. The molecule has 0 radical (unpaired) electrons. The highest BCUT2D eigenvalue weighted by Crippen LogP contribution is 2.46. The number of nitrogens with zero attached hydrogens (tertiary/aromatic N) is 2. The van der Waals surface area contributed by atoms with Gasteiger partial charge in [0.05, 0.1) is 13.2 Å². The van der Waals surface area contributed by atoms with E-state index in [0.29, 0.717) is 44.3 Å². The minimum absolute atomic E-state index is 0.0635. The van der Waals surface area contributed by atoms with Crippen molar-refractivity contribution in [3.63, 3.8) is 0 Å². The van der Waals surface area contributed by atoms with Crippen LogP contribution in [0, 0.1) is 11.8 Å². The van der Waals surface area contributed by atoms with Crippen LogP contribution in [0.15, 0.2) is 30.3 Å². The van der Waals surface area contributed by atoms with Gasteiger partial charge in [-0.2, -0.15) is 0 Å². The van der Waals surface area contributed by atoms with E-state index in [9.17, 15) is 14.7 Å². The number of rotatable bonds is 6. The van der Waals surface area contributed by atoms with Gasteiger partial charge in [-0.05, 0) is 37.0 Å². The Morgan fingerprint density at radius 2 is 2.20 bits per heavy atom. The minimum Gasteiger partial charge on any atom is -0.481 e. The van der Waals surface area contributed by atoms with Crippen molar-refractivity contribution in [1.82, 2.24) is 20.4 Å². The fourth-order valence-corrected chi connectivity index (χ4v) is 4.30. The number of ether oxygens (including phenoxy) is 2. The molecular weight excluding hydrogens is 388 g/mol. The Hall–Kier alpha value is -2.75. The SMILES string of the molecule is O=C(O)C1C(=O)C(=Cc2c[nH]c3ncccc23)OC1(CC1CC1)NN1CCOCC1. The van der Waals surface area contributed by atoms with Gasteiger partial charge in [0.15, 0.2) is 17.4 Å². The second kappa shape index (κ2) is 7.50. The van der Waals surface area contributed by atoms with E-state index in [1.165, 1.54) is 0 Å². The first kappa shape index (κ1) is 19.2. The maximum absolute atomic E-state index is 13.2. The van der Waals surface area contributed by atoms with Crippen LogP contribution in [0.25, 0.3) is 17.1 Å². The third-order valence-electron chi connectivity index (χ3n) is 5.93. The average Bonchev–Trinajstić information content (AvgIpc) is 3.38. The molecule has 158 valence electrons. The highest BCUT2D eigenvalue weighted by Gasteiger charge is 2.59. The topological polar surface area (TPSA) is 117 Å². The third-order valence-corrected chi connectivity index (χ3v) is 5.93. The number of hydrogen-bond donors (Lipinski definition) is 3. The lowest BCUT2D eigenvalue weighted by Crippen LogP contribution is -2.62. The number of nitrogens with one attached hydrogen (secondary N) is 2. The molecule has 5 rings (SSSR count). The molecule has 2 saturated heterocycles. The summed E-state index contributed by atoms with van der Waals surface area (Å²) in [6, 6.07) is 3.70. The quantitative estimate of drug-likeness (QED) is 0.483. The van der Waals surface area contributed by atoms with E-state index in [4.69, 9.17) is 9.47 Å². The predicted octanol–water partition coefficient (Wildman–Crippen LogP) is 1.54. The number of allylic oxidation sites excluding steroid dienone is 1. The van der Waals surface area contributed by atoms with Crippen LogP contribution < -0.4 is 5.43 Å². The Balaban J connectivity index is 1.52. The number of hydrazine groups is 1. The van der Waals surface area contributed by atoms with Crippen molar-refractivity contribution in [3.8, 4) is 0 Å². The van der Waals surface area contributed by atoms with Crippen molar-refractivity contribution in [1.29, 1.82) is 0 Å². The number of carbonyl (C=O) groups is 2. The van der Waals surface area contributed by atoms with Crippen LogP contribution >= 0.6 is 0 Å². The zero-order chi connectivity index (χ0) is 20.7. The molecule has 3 aliphatic rings. The number of pyridine rings is 1. The lowest BCUT2D eigenvalue weighted by Gasteiger charge is -2.39. The number of fused-ring (bicyclic) bond motifs is 1. The van der Waals surface area contributed by atoms with Gasteiger partial charge in [0.25, 0.3) is 0 Å². The lowest BCUT2D eigenvalue weighted by molar-refractivity contribution is -0.160. The number of H-pyrrole nitrogens is 1. The number of morpholine rings is 1. The van der Waals surface area contributed by atoms with Crippen molar-refractivity contribution in [2.75, 3.05) is 26.3 Å². The van der Waals surface area contributed by atoms with Gasteiger partial charge in [0.1, 0.15) is 5.65 Å². The first-order chi connectivity index (χ1) is 14.6. The highest BCUT2D eigenvalue weighted by atomic mass is 16.5. The number of Topliss-reactive ketones (excluding diaryl/α,β-unsaturated/α-hetero) is 1. The lowest BCUT2D eigenvalue weighted by atomic mass is 9.89. The first-order valence-electron chi connectivity index (χ1n) is 10.3. The number of carboxylic acid groups (broad SMARTS) is 1. The summed E-state index contributed by atoms with van der Waals surface area (Å²) in [6.45, 7) is 2.29. The van der Waals surface area contributed by atoms with Gasteiger partial charge in [0, 0.05) is 42.9 Å². The van der Waals surface area contributed by atoms with Crippen LogP contribution in [0.2, 0.25) is 0 Å². The zero-order valence-corrected chi connectivity index (χ0v) is 16.5. The molecule has 2 aromatic heterocycles. The number of carboxylic acids is 1. The van der Waals surface area contributed by atoms with Gasteiger partial charge < -0.3 is 19.6 Å². The number of ketones is 1.